The maximum absolute atomic E-state index is 8.69. The van der Waals surface area contributed by atoms with Crippen molar-refractivity contribution in [1.82, 2.24) is 9.55 Å². The minimum atomic E-state index is 0.110. The Morgan fingerprint density at radius 3 is 2.77 bits per heavy atom. The maximum atomic E-state index is 8.69. The van der Waals surface area contributed by atoms with Gasteiger partial charge in [-0.05, 0) is 20.8 Å². The van der Waals surface area contributed by atoms with E-state index in [-0.39, 0.29) is 6.61 Å². The molecule has 0 saturated heterocycles. The molecular formula is C10H16N2O. The van der Waals surface area contributed by atoms with E-state index in [1.54, 1.807) is 0 Å². The summed E-state index contributed by atoms with van der Waals surface area (Å²) in [5.74, 6) is 1.02. The number of aliphatic hydroxyl groups is 1. The molecule has 0 amide bonds. The zero-order chi connectivity index (χ0) is 9.84. The molecule has 72 valence electrons. The molecule has 0 aliphatic rings. The van der Waals surface area contributed by atoms with Crippen LogP contribution in [0.1, 0.15) is 18.4 Å². The normalized spacial score (nSPS) is 12.2. The Balaban J connectivity index is 2.74. The predicted octanol–water partition coefficient (Wildman–Crippen LogP) is 1.44. The molecule has 1 rings (SSSR count). The van der Waals surface area contributed by atoms with Crippen LogP contribution in [0.3, 0.4) is 0 Å². The van der Waals surface area contributed by atoms with Crippen molar-refractivity contribution < 1.29 is 5.11 Å². The SMILES string of the molecule is C/C(=C\CO)Cn1cc(C)nc1C. The summed E-state index contributed by atoms with van der Waals surface area (Å²) in [4.78, 5) is 4.30. The van der Waals surface area contributed by atoms with Gasteiger partial charge in [0.1, 0.15) is 5.82 Å². The second kappa shape index (κ2) is 4.23. The third-order valence-electron chi connectivity index (χ3n) is 1.96. The van der Waals surface area contributed by atoms with Crippen molar-refractivity contribution in [3.05, 3.63) is 29.4 Å². The van der Waals surface area contributed by atoms with Crippen LogP contribution in [0.15, 0.2) is 17.8 Å². The van der Waals surface area contributed by atoms with E-state index in [0.717, 1.165) is 23.6 Å². The molecule has 0 saturated carbocycles. The van der Waals surface area contributed by atoms with E-state index in [2.05, 4.69) is 9.55 Å². The number of aliphatic hydroxyl groups excluding tert-OH is 1. The van der Waals surface area contributed by atoms with Crippen molar-refractivity contribution in [2.75, 3.05) is 6.61 Å². The minimum absolute atomic E-state index is 0.110. The number of nitrogens with zero attached hydrogens (tertiary/aromatic N) is 2. The molecular weight excluding hydrogens is 164 g/mol. The first-order valence-corrected chi connectivity index (χ1v) is 4.40. The van der Waals surface area contributed by atoms with Crippen molar-refractivity contribution in [2.24, 2.45) is 0 Å². The van der Waals surface area contributed by atoms with Gasteiger partial charge in [-0.1, -0.05) is 11.6 Å². The molecule has 0 aliphatic heterocycles. The van der Waals surface area contributed by atoms with E-state index in [1.807, 2.05) is 33.0 Å². The molecule has 0 aliphatic carbocycles. The topological polar surface area (TPSA) is 38.0 Å². The van der Waals surface area contributed by atoms with E-state index in [0.29, 0.717) is 0 Å². The summed E-state index contributed by atoms with van der Waals surface area (Å²) in [5.41, 5.74) is 2.19. The molecule has 13 heavy (non-hydrogen) atoms. The minimum Gasteiger partial charge on any atom is -0.392 e. The fourth-order valence-corrected chi connectivity index (χ4v) is 1.32. The summed E-state index contributed by atoms with van der Waals surface area (Å²) in [6, 6.07) is 0. The highest BCUT2D eigenvalue weighted by molar-refractivity contribution is 5.06. The first-order chi connectivity index (χ1) is 6.13. The fraction of sp³-hybridized carbons (Fsp3) is 0.500. The van der Waals surface area contributed by atoms with Crippen LogP contribution in [0.25, 0.3) is 0 Å². The number of hydrogen-bond donors (Lipinski definition) is 1. The fourth-order valence-electron chi connectivity index (χ4n) is 1.32. The second-order valence-electron chi connectivity index (χ2n) is 3.29. The second-order valence-corrected chi connectivity index (χ2v) is 3.29. The quantitative estimate of drug-likeness (QED) is 0.715. The molecule has 0 radical (unpaired) electrons. The third kappa shape index (κ3) is 2.70. The number of aryl methyl sites for hydroxylation is 2. The summed E-state index contributed by atoms with van der Waals surface area (Å²) in [5, 5.41) is 8.69. The van der Waals surface area contributed by atoms with Crippen LogP contribution >= 0.6 is 0 Å². The molecule has 0 unspecified atom stereocenters. The highest BCUT2D eigenvalue weighted by Gasteiger charge is 1.99. The van der Waals surface area contributed by atoms with Gasteiger partial charge in [-0.15, -0.1) is 0 Å². The van der Waals surface area contributed by atoms with E-state index in [4.69, 9.17) is 5.11 Å². The molecule has 3 nitrogen and oxygen atoms in total. The van der Waals surface area contributed by atoms with Gasteiger partial charge in [0.05, 0.1) is 12.3 Å². The van der Waals surface area contributed by atoms with Crippen LogP contribution in [-0.4, -0.2) is 21.3 Å². The lowest BCUT2D eigenvalue weighted by Crippen LogP contribution is -2.00. The molecule has 1 aromatic heterocycles. The van der Waals surface area contributed by atoms with E-state index in [1.165, 1.54) is 0 Å². The number of rotatable bonds is 3. The average Bonchev–Trinajstić information content (AvgIpc) is 2.30. The lowest BCUT2D eigenvalue weighted by atomic mass is 10.3. The molecule has 0 aromatic carbocycles. The highest BCUT2D eigenvalue weighted by atomic mass is 16.2. The largest absolute Gasteiger partial charge is 0.392 e. The Kier molecular flexibility index (Phi) is 3.25. The lowest BCUT2D eigenvalue weighted by molar-refractivity contribution is 0.341. The average molecular weight is 180 g/mol. The molecule has 1 aromatic rings. The van der Waals surface area contributed by atoms with Gasteiger partial charge in [0.15, 0.2) is 0 Å². The summed E-state index contributed by atoms with van der Waals surface area (Å²) >= 11 is 0. The Hall–Kier alpha value is -1.09. The molecule has 0 bridgehead atoms. The highest BCUT2D eigenvalue weighted by Crippen LogP contribution is 2.05. The summed E-state index contributed by atoms with van der Waals surface area (Å²) in [6.45, 7) is 6.89. The van der Waals surface area contributed by atoms with Crippen LogP contribution in [0.2, 0.25) is 0 Å². The van der Waals surface area contributed by atoms with Crippen molar-refractivity contribution in [1.29, 1.82) is 0 Å². The van der Waals surface area contributed by atoms with E-state index >= 15 is 0 Å². The standard InChI is InChI=1S/C10H16N2O/c1-8(4-5-13)6-12-7-9(2)11-10(12)3/h4,7,13H,5-6H2,1-3H3/b8-4+. The van der Waals surface area contributed by atoms with Gasteiger partial charge in [0.25, 0.3) is 0 Å². The van der Waals surface area contributed by atoms with Crippen molar-refractivity contribution in [2.45, 2.75) is 27.3 Å². The molecule has 1 heterocycles. The van der Waals surface area contributed by atoms with Crippen LogP contribution in [0.5, 0.6) is 0 Å². The number of aromatic nitrogens is 2. The van der Waals surface area contributed by atoms with Crippen molar-refractivity contribution >= 4 is 0 Å². The molecule has 0 fully saturated rings. The zero-order valence-corrected chi connectivity index (χ0v) is 8.41. The van der Waals surface area contributed by atoms with Crippen LogP contribution in [-0.2, 0) is 6.54 Å². The molecule has 3 heteroatoms. The molecule has 0 atom stereocenters. The number of hydrogen-bond acceptors (Lipinski definition) is 2. The number of allylic oxidation sites excluding steroid dienone is 1. The van der Waals surface area contributed by atoms with Gasteiger partial charge in [0.2, 0.25) is 0 Å². The van der Waals surface area contributed by atoms with Gasteiger partial charge in [-0.3, -0.25) is 0 Å². The summed E-state index contributed by atoms with van der Waals surface area (Å²) in [7, 11) is 0. The maximum Gasteiger partial charge on any atom is 0.106 e. The van der Waals surface area contributed by atoms with Gasteiger partial charge in [-0.25, -0.2) is 4.98 Å². The summed E-state index contributed by atoms with van der Waals surface area (Å²) < 4.78 is 2.08. The van der Waals surface area contributed by atoms with Gasteiger partial charge < -0.3 is 9.67 Å². The monoisotopic (exact) mass is 180 g/mol. The predicted molar refractivity (Wildman–Crippen MR) is 52.5 cm³/mol. The summed E-state index contributed by atoms with van der Waals surface area (Å²) in [6.07, 6.45) is 3.83. The number of imidazole rings is 1. The zero-order valence-electron chi connectivity index (χ0n) is 8.41. The van der Waals surface area contributed by atoms with Crippen LogP contribution in [0.4, 0.5) is 0 Å². The first-order valence-electron chi connectivity index (χ1n) is 4.40. The Labute approximate surface area is 78.7 Å². The smallest absolute Gasteiger partial charge is 0.106 e. The van der Waals surface area contributed by atoms with E-state index < -0.39 is 0 Å². The van der Waals surface area contributed by atoms with Crippen molar-refractivity contribution in [3.63, 3.8) is 0 Å². The van der Waals surface area contributed by atoms with E-state index in [9.17, 15) is 0 Å². The van der Waals surface area contributed by atoms with Gasteiger partial charge in [0, 0.05) is 12.7 Å². The van der Waals surface area contributed by atoms with Gasteiger partial charge >= 0.3 is 0 Å². The van der Waals surface area contributed by atoms with Crippen LogP contribution < -0.4 is 0 Å². The molecule has 0 spiro atoms. The Morgan fingerprint density at radius 2 is 2.31 bits per heavy atom. The Morgan fingerprint density at radius 1 is 1.62 bits per heavy atom. The van der Waals surface area contributed by atoms with Crippen molar-refractivity contribution in [3.8, 4) is 0 Å². The molecule has 1 N–H and O–H groups in total. The van der Waals surface area contributed by atoms with Crippen LogP contribution in [0, 0.1) is 13.8 Å². The lowest BCUT2D eigenvalue weighted by Gasteiger charge is -2.04. The Bertz CT molecular complexity index is 313. The first kappa shape index (κ1) is 9.99. The third-order valence-corrected chi connectivity index (χ3v) is 1.96. The van der Waals surface area contributed by atoms with Gasteiger partial charge in [-0.2, -0.15) is 0 Å².